The highest BCUT2D eigenvalue weighted by atomic mass is 35.5. The molecule has 0 aliphatic carbocycles. The van der Waals surface area contributed by atoms with E-state index in [1.807, 2.05) is 0 Å². The fraction of sp³-hybridized carbons (Fsp3) is 0.846. The second-order valence-electron chi connectivity index (χ2n) is 5.65. The zero-order valence-electron chi connectivity index (χ0n) is 11.5. The molecule has 2 aliphatic heterocycles. The average molecular weight is 288 g/mol. The number of piperidine rings is 2. The van der Waals surface area contributed by atoms with Gasteiger partial charge in [-0.15, -0.1) is 11.6 Å². The van der Waals surface area contributed by atoms with Gasteiger partial charge in [-0.25, -0.2) is 4.79 Å². The summed E-state index contributed by atoms with van der Waals surface area (Å²) in [4.78, 5) is 25.5. The van der Waals surface area contributed by atoms with E-state index in [4.69, 9.17) is 11.6 Å². The highest BCUT2D eigenvalue weighted by Crippen LogP contribution is 2.32. The van der Waals surface area contributed by atoms with E-state index in [2.05, 4.69) is 22.6 Å². The van der Waals surface area contributed by atoms with Crippen molar-refractivity contribution in [3.63, 3.8) is 0 Å². The fourth-order valence-electron chi connectivity index (χ4n) is 3.17. The van der Waals surface area contributed by atoms with Gasteiger partial charge in [0, 0.05) is 18.1 Å². The predicted octanol–water partition coefficient (Wildman–Crippen LogP) is 1.45. The first-order valence-corrected chi connectivity index (χ1v) is 7.38. The van der Waals surface area contributed by atoms with E-state index < -0.39 is 17.3 Å². The molecule has 2 aliphatic rings. The van der Waals surface area contributed by atoms with Gasteiger partial charge in [0.05, 0.1) is 0 Å². The maximum Gasteiger partial charge on any atom is 0.321 e. The first-order valence-electron chi connectivity index (χ1n) is 6.94. The molecule has 0 spiro atoms. The highest BCUT2D eigenvalue weighted by molar-refractivity contribution is 6.31. The normalized spacial score (nSPS) is 32.5. The van der Waals surface area contributed by atoms with Gasteiger partial charge in [0.15, 0.2) is 0 Å². The zero-order valence-corrected chi connectivity index (χ0v) is 12.2. The molecule has 0 radical (unpaired) electrons. The van der Waals surface area contributed by atoms with Crippen molar-refractivity contribution in [2.24, 2.45) is 0 Å². The summed E-state index contributed by atoms with van der Waals surface area (Å²) in [6, 6.07) is 0.843. The van der Waals surface area contributed by atoms with Gasteiger partial charge in [-0.2, -0.15) is 0 Å². The van der Waals surface area contributed by atoms with Crippen LogP contribution in [0.1, 0.15) is 39.0 Å². The largest absolute Gasteiger partial charge is 0.335 e. The Balaban J connectivity index is 1.83. The molecule has 2 bridgehead atoms. The lowest BCUT2D eigenvalue weighted by atomic mass is 9.82. The Morgan fingerprint density at radius 1 is 1.26 bits per heavy atom. The van der Waals surface area contributed by atoms with Crippen LogP contribution >= 0.6 is 11.6 Å². The minimum atomic E-state index is -0.692. The number of urea groups is 1. The SMILES string of the molecule is CC(Cl)C(=O)NC(=O)NC1CC2CCCC(C1)N2C. The van der Waals surface area contributed by atoms with E-state index in [0.29, 0.717) is 12.1 Å². The molecule has 2 rings (SSSR count). The van der Waals surface area contributed by atoms with Crippen molar-refractivity contribution in [1.82, 2.24) is 15.5 Å². The van der Waals surface area contributed by atoms with Gasteiger partial charge in [0.2, 0.25) is 5.91 Å². The molecule has 5 nitrogen and oxygen atoms in total. The first kappa shape index (κ1) is 14.6. The Kier molecular flexibility index (Phi) is 4.68. The van der Waals surface area contributed by atoms with Gasteiger partial charge in [-0.3, -0.25) is 10.1 Å². The summed E-state index contributed by atoms with van der Waals surface area (Å²) in [5, 5.41) is 4.47. The van der Waals surface area contributed by atoms with Crippen LogP contribution in [0.5, 0.6) is 0 Å². The highest BCUT2D eigenvalue weighted by Gasteiger charge is 2.36. The number of imide groups is 1. The van der Waals surface area contributed by atoms with Crippen LogP contribution in [0.3, 0.4) is 0 Å². The molecular weight excluding hydrogens is 266 g/mol. The van der Waals surface area contributed by atoms with Crippen molar-refractivity contribution in [3.05, 3.63) is 0 Å². The van der Waals surface area contributed by atoms with Crippen molar-refractivity contribution < 1.29 is 9.59 Å². The minimum absolute atomic E-state index is 0.157. The number of hydrogen-bond acceptors (Lipinski definition) is 3. The molecular formula is C13H22ClN3O2. The molecule has 6 heteroatoms. The van der Waals surface area contributed by atoms with E-state index in [1.54, 1.807) is 6.92 Å². The summed E-state index contributed by atoms with van der Waals surface area (Å²) in [7, 11) is 2.17. The van der Waals surface area contributed by atoms with E-state index >= 15 is 0 Å². The minimum Gasteiger partial charge on any atom is -0.335 e. The van der Waals surface area contributed by atoms with Gasteiger partial charge < -0.3 is 10.2 Å². The molecule has 0 aromatic rings. The van der Waals surface area contributed by atoms with Crippen LogP contribution in [-0.4, -0.2) is 47.4 Å². The van der Waals surface area contributed by atoms with Crippen LogP contribution < -0.4 is 10.6 Å². The maximum absolute atomic E-state index is 11.7. The Labute approximate surface area is 119 Å². The summed E-state index contributed by atoms with van der Waals surface area (Å²) < 4.78 is 0. The molecule has 19 heavy (non-hydrogen) atoms. The lowest BCUT2D eigenvalue weighted by molar-refractivity contribution is -0.119. The summed E-state index contributed by atoms with van der Waals surface area (Å²) in [5.74, 6) is -0.452. The third-order valence-electron chi connectivity index (χ3n) is 4.27. The van der Waals surface area contributed by atoms with Crippen molar-refractivity contribution in [1.29, 1.82) is 0 Å². The van der Waals surface area contributed by atoms with Gasteiger partial charge in [0.25, 0.3) is 0 Å². The third-order valence-corrected chi connectivity index (χ3v) is 4.47. The predicted molar refractivity (Wildman–Crippen MR) is 74.2 cm³/mol. The Hall–Kier alpha value is -0.810. The molecule has 3 atom stereocenters. The van der Waals surface area contributed by atoms with Crippen molar-refractivity contribution in [2.45, 2.75) is 62.5 Å². The third kappa shape index (κ3) is 3.60. The fourth-order valence-corrected chi connectivity index (χ4v) is 3.22. The van der Waals surface area contributed by atoms with E-state index in [-0.39, 0.29) is 6.04 Å². The van der Waals surface area contributed by atoms with Crippen molar-refractivity contribution in [2.75, 3.05) is 7.05 Å². The van der Waals surface area contributed by atoms with Crippen molar-refractivity contribution in [3.8, 4) is 0 Å². The molecule has 3 amide bonds. The lowest BCUT2D eigenvalue weighted by Gasteiger charge is -2.47. The zero-order chi connectivity index (χ0) is 14.0. The number of fused-ring (bicyclic) bond motifs is 2. The molecule has 0 aromatic carbocycles. The Morgan fingerprint density at radius 3 is 2.37 bits per heavy atom. The second-order valence-corrected chi connectivity index (χ2v) is 6.31. The summed E-state index contributed by atoms with van der Waals surface area (Å²) in [6.45, 7) is 1.55. The molecule has 2 heterocycles. The maximum atomic E-state index is 11.7. The molecule has 3 unspecified atom stereocenters. The first-order chi connectivity index (χ1) is 8.97. The van der Waals surface area contributed by atoms with Gasteiger partial charge >= 0.3 is 6.03 Å². The molecule has 2 fully saturated rings. The molecule has 0 aromatic heterocycles. The van der Waals surface area contributed by atoms with Gasteiger partial charge in [-0.05, 0) is 39.7 Å². The van der Waals surface area contributed by atoms with Crippen LogP contribution in [0, 0.1) is 0 Å². The van der Waals surface area contributed by atoms with Crippen LogP contribution in [0.15, 0.2) is 0 Å². The standard InChI is InChI=1S/C13H22ClN3O2/c1-8(14)12(18)16-13(19)15-9-6-10-4-3-5-11(7-9)17(10)2/h8-11H,3-7H2,1-2H3,(H2,15,16,18,19). The number of carbonyl (C=O) groups is 2. The van der Waals surface area contributed by atoms with E-state index in [0.717, 1.165) is 12.8 Å². The quantitative estimate of drug-likeness (QED) is 0.756. The topological polar surface area (TPSA) is 61.4 Å². The van der Waals surface area contributed by atoms with E-state index in [1.165, 1.54) is 19.3 Å². The molecule has 2 saturated heterocycles. The van der Waals surface area contributed by atoms with Crippen LogP contribution in [-0.2, 0) is 4.79 Å². The molecule has 108 valence electrons. The smallest absolute Gasteiger partial charge is 0.321 e. The summed E-state index contributed by atoms with van der Waals surface area (Å²) >= 11 is 5.61. The number of rotatable bonds is 2. The van der Waals surface area contributed by atoms with Crippen LogP contribution in [0.4, 0.5) is 4.79 Å². The molecule has 2 N–H and O–H groups in total. The monoisotopic (exact) mass is 287 g/mol. The van der Waals surface area contributed by atoms with Crippen LogP contribution in [0.2, 0.25) is 0 Å². The number of halogens is 1. The number of alkyl halides is 1. The Bertz CT molecular complexity index is 348. The summed E-state index contributed by atoms with van der Waals surface area (Å²) in [5.41, 5.74) is 0. The van der Waals surface area contributed by atoms with Gasteiger partial charge in [0.1, 0.15) is 5.38 Å². The number of amides is 3. The van der Waals surface area contributed by atoms with Gasteiger partial charge in [-0.1, -0.05) is 6.42 Å². The second kappa shape index (κ2) is 6.09. The Morgan fingerprint density at radius 2 is 1.84 bits per heavy atom. The number of hydrogen-bond donors (Lipinski definition) is 2. The van der Waals surface area contributed by atoms with E-state index in [9.17, 15) is 9.59 Å². The average Bonchev–Trinajstić information content (AvgIpc) is 2.30. The summed E-state index contributed by atoms with van der Waals surface area (Å²) in [6.07, 6.45) is 5.60. The number of nitrogens with zero attached hydrogens (tertiary/aromatic N) is 1. The lowest BCUT2D eigenvalue weighted by Crippen LogP contribution is -2.57. The van der Waals surface area contributed by atoms with Crippen molar-refractivity contribution >= 4 is 23.5 Å². The molecule has 0 saturated carbocycles. The number of carbonyl (C=O) groups excluding carboxylic acids is 2. The van der Waals surface area contributed by atoms with Crippen LogP contribution in [0.25, 0.3) is 0 Å². The number of nitrogens with one attached hydrogen (secondary N) is 2.